The summed E-state index contributed by atoms with van der Waals surface area (Å²) in [7, 11) is 0. The van der Waals surface area contributed by atoms with Crippen LogP contribution in [0.4, 0.5) is 5.82 Å². The van der Waals surface area contributed by atoms with E-state index in [0.717, 1.165) is 35.4 Å². The molecule has 1 aliphatic rings. The van der Waals surface area contributed by atoms with Crippen LogP contribution in [0.2, 0.25) is 0 Å². The van der Waals surface area contributed by atoms with E-state index in [2.05, 4.69) is 30.9 Å². The summed E-state index contributed by atoms with van der Waals surface area (Å²) in [5, 5.41) is 10.8. The Labute approximate surface area is 126 Å². The number of rotatable bonds is 4. The first-order valence-electron chi connectivity index (χ1n) is 7.96. The largest absolute Gasteiger partial charge is 0.392 e. The first kappa shape index (κ1) is 14.3. The first-order valence-corrected chi connectivity index (χ1v) is 7.96. The quantitative estimate of drug-likeness (QED) is 0.929. The molecule has 1 aromatic heterocycles. The van der Waals surface area contributed by atoms with Crippen molar-refractivity contribution in [3.8, 4) is 0 Å². The summed E-state index contributed by atoms with van der Waals surface area (Å²) < 4.78 is 0. The number of hydrogen-bond acceptors (Lipinski definition) is 3. The summed E-state index contributed by atoms with van der Waals surface area (Å²) in [5.74, 6) is 0.972. The third-order valence-electron chi connectivity index (χ3n) is 5.19. The Bertz CT molecular complexity index is 634. The predicted molar refractivity (Wildman–Crippen MR) is 87.5 cm³/mol. The molecular formula is C18H24N2O. The van der Waals surface area contributed by atoms with Crippen molar-refractivity contribution in [1.29, 1.82) is 0 Å². The van der Waals surface area contributed by atoms with Gasteiger partial charge in [-0.3, -0.25) is 0 Å². The number of anilines is 1. The zero-order valence-corrected chi connectivity index (χ0v) is 13.0. The molecule has 0 unspecified atom stereocenters. The lowest BCUT2D eigenvalue weighted by atomic mass is 9.82. The van der Waals surface area contributed by atoms with E-state index in [-0.39, 0.29) is 6.61 Å². The van der Waals surface area contributed by atoms with Crippen LogP contribution < -0.4 is 4.90 Å². The van der Waals surface area contributed by atoms with Crippen LogP contribution in [0.25, 0.3) is 10.9 Å². The zero-order valence-electron chi connectivity index (χ0n) is 13.0. The van der Waals surface area contributed by atoms with Crippen molar-refractivity contribution in [1.82, 2.24) is 4.98 Å². The predicted octanol–water partition coefficient (Wildman–Crippen LogP) is 3.74. The van der Waals surface area contributed by atoms with Crippen molar-refractivity contribution >= 4 is 16.7 Å². The summed E-state index contributed by atoms with van der Waals surface area (Å²) >= 11 is 0. The van der Waals surface area contributed by atoms with Crippen LogP contribution in [0.1, 0.15) is 38.7 Å². The van der Waals surface area contributed by atoms with E-state index < -0.39 is 0 Å². The Morgan fingerprint density at radius 3 is 2.67 bits per heavy atom. The number of pyridine rings is 1. The van der Waals surface area contributed by atoms with Crippen LogP contribution in [-0.4, -0.2) is 23.2 Å². The third kappa shape index (κ3) is 2.51. The van der Waals surface area contributed by atoms with Gasteiger partial charge in [0.25, 0.3) is 0 Å². The minimum Gasteiger partial charge on any atom is -0.392 e. The molecule has 112 valence electrons. The van der Waals surface area contributed by atoms with Gasteiger partial charge in [0, 0.05) is 24.0 Å². The highest BCUT2D eigenvalue weighted by atomic mass is 16.3. The second kappa shape index (κ2) is 5.64. The Hall–Kier alpha value is -1.61. The lowest BCUT2D eigenvalue weighted by Crippen LogP contribution is -2.27. The fourth-order valence-electron chi connectivity index (χ4n) is 3.48. The average molecular weight is 284 g/mol. The van der Waals surface area contributed by atoms with Crippen molar-refractivity contribution in [3.63, 3.8) is 0 Å². The molecule has 1 N–H and O–H groups in total. The third-order valence-corrected chi connectivity index (χ3v) is 5.19. The highest BCUT2D eigenvalue weighted by molar-refractivity contribution is 5.81. The molecule has 1 aromatic carbocycles. The van der Waals surface area contributed by atoms with Crippen LogP contribution in [0.15, 0.2) is 30.3 Å². The number of para-hydroxylation sites is 1. The minimum absolute atomic E-state index is 0.0505. The number of aromatic nitrogens is 1. The van der Waals surface area contributed by atoms with E-state index in [1.54, 1.807) is 0 Å². The van der Waals surface area contributed by atoms with Gasteiger partial charge < -0.3 is 10.0 Å². The number of nitrogens with zero attached hydrogens (tertiary/aromatic N) is 2. The van der Waals surface area contributed by atoms with Crippen molar-refractivity contribution in [3.05, 3.63) is 35.9 Å². The highest BCUT2D eigenvalue weighted by Crippen LogP contribution is 2.39. The molecule has 0 bridgehead atoms. The van der Waals surface area contributed by atoms with Crippen LogP contribution in [0.3, 0.4) is 0 Å². The Morgan fingerprint density at radius 2 is 2.00 bits per heavy atom. The number of fused-ring (bicyclic) bond motifs is 1. The molecule has 3 nitrogen and oxygen atoms in total. The zero-order chi connectivity index (χ0) is 14.9. The SMILES string of the molecule is CCC1(CC)CCN(c2nc3ccccc3cc2CO)C1. The molecule has 0 spiro atoms. The van der Waals surface area contributed by atoms with Crippen LogP contribution in [0.5, 0.6) is 0 Å². The number of benzene rings is 1. The Kier molecular flexibility index (Phi) is 3.85. The first-order chi connectivity index (χ1) is 10.2. The van der Waals surface area contributed by atoms with E-state index in [1.165, 1.54) is 19.3 Å². The highest BCUT2D eigenvalue weighted by Gasteiger charge is 2.36. The molecule has 2 aromatic rings. The van der Waals surface area contributed by atoms with Crippen molar-refractivity contribution in [2.24, 2.45) is 5.41 Å². The molecule has 21 heavy (non-hydrogen) atoms. The monoisotopic (exact) mass is 284 g/mol. The van der Waals surface area contributed by atoms with E-state index >= 15 is 0 Å². The van der Waals surface area contributed by atoms with Crippen molar-refractivity contribution in [2.45, 2.75) is 39.7 Å². The number of hydrogen-bond donors (Lipinski definition) is 1. The molecule has 0 aliphatic carbocycles. The second-order valence-corrected chi connectivity index (χ2v) is 6.20. The van der Waals surface area contributed by atoms with Gasteiger partial charge in [-0.2, -0.15) is 0 Å². The van der Waals surface area contributed by atoms with Gasteiger partial charge in [-0.15, -0.1) is 0 Å². The summed E-state index contributed by atoms with van der Waals surface area (Å²) in [6.45, 7) is 6.72. The molecule has 1 aliphatic heterocycles. The Morgan fingerprint density at radius 1 is 1.24 bits per heavy atom. The Balaban J connectivity index is 2.00. The van der Waals surface area contributed by atoms with E-state index in [4.69, 9.17) is 4.98 Å². The number of aliphatic hydroxyl groups is 1. The van der Waals surface area contributed by atoms with Gasteiger partial charge >= 0.3 is 0 Å². The summed E-state index contributed by atoms with van der Waals surface area (Å²) in [6, 6.07) is 10.2. The molecule has 0 radical (unpaired) electrons. The van der Waals surface area contributed by atoms with Gasteiger partial charge in [-0.25, -0.2) is 4.98 Å². The lowest BCUT2D eigenvalue weighted by molar-refractivity contribution is 0.281. The van der Waals surface area contributed by atoms with Crippen LogP contribution >= 0.6 is 0 Å². The van der Waals surface area contributed by atoms with Gasteiger partial charge in [0.2, 0.25) is 0 Å². The molecule has 2 heterocycles. The maximum atomic E-state index is 9.72. The second-order valence-electron chi connectivity index (χ2n) is 6.20. The number of aliphatic hydroxyl groups excluding tert-OH is 1. The molecule has 3 heteroatoms. The standard InChI is InChI=1S/C18H24N2O/c1-3-18(4-2)9-10-20(13-18)17-15(12-21)11-14-7-5-6-8-16(14)19-17/h5-8,11,21H,3-4,9-10,12-13H2,1-2H3. The lowest BCUT2D eigenvalue weighted by Gasteiger charge is -2.27. The molecule has 1 saturated heterocycles. The topological polar surface area (TPSA) is 36.4 Å². The smallest absolute Gasteiger partial charge is 0.134 e. The fourth-order valence-corrected chi connectivity index (χ4v) is 3.48. The molecule has 0 amide bonds. The average Bonchev–Trinajstić information content (AvgIpc) is 2.98. The fraction of sp³-hybridized carbons (Fsp3) is 0.500. The molecular weight excluding hydrogens is 260 g/mol. The van der Waals surface area contributed by atoms with Crippen molar-refractivity contribution in [2.75, 3.05) is 18.0 Å². The van der Waals surface area contributed by atoms with Gasteiger partial charge in [0.05, 0.1) is 12.1 Å². The van der Waals surface area contributed by atoms with Crippen LogP contribution in [-0.2, 0) is 6.61 Å². The normalized spacial score (nSPS) is 17.6. The molecule has 1 fully saturated rings. The maximum absolute atomic E-state index is 9.72. The molecule has 0 atom stereocenters. The van der Waals surface area contributed by atoms with E-state index in [1.807, 2.05) is 18.2 Å². The summed E-state index contributed by atoms with van der Waals surface area (Å²) in [5.41, 5.74) is 2.37. The van der Waals surface area contributed by atoms with Gasteiger partial charge in [0.1, 0.15) is 5.82 Å². The summed E-state index contributed by atoms with van der Waals surface area (Å²) in [6.07, 6.45) is 3.64. The van der Waals surface area contributed by atoms with Gasteiger partial charge in [0.15, 0.2) is 0 Å². The van der Waals surface area contributed by atoms with E-state index in [0.29, 0.717) is 5.41 Å². The van der Waals surface area contributed by atoms with Crippen LogP contribution in [0, 0.1) is 5.41 Å². The van der Waals surface area contributed by atoms with Gasteiger partial charge in [-0.1, -0.05) is 32.0 Å². The minimum atomic E-state index is 0.0505. The summed E-state index contributed by atoms with van der Waals surface area (Å²) in [4.78, 5) is 7.19. The van der Waals surface area contributed by atoms with Gasteiger partial charge in [-0.05, 0) is 36.8 Å². The maximum Gasteiger partial charge on any atom is 0.134 e. The molecule has 3 rings (SSSR count). The molecule has 0 saturated carbocycles. The van der Waals surface area contributed by atoms with E-state index in [9.17, 15) is 5.11 Å². The van der Waals surface area contributed by atoms with Crippen molar-refractivity contribution < 1.29 is 5.11 Å².